The molecule has 0 saturated carbocycles. The first-order chi connectivity index (χ1) is 5.74. The van der Waals surface area contributed by atoms with Crippen LogP contribution < -0.4 is 0 Å². The molecule has 68 valence electrons. The minimum absolute atomic E-state index is 0.0296. The van der Waals surface area contributed by atoms with E-state index in [0.29, 0.717) is 6.42 Å². The zero-order valence-electron chi connectivity index (χ0n) is 7.58. The average Bonchev–Trinajstić information content (AvgIpc) is 2.05. The third kappa shape index (κ3) is 4.72. The minimum Gasteiger partial charge on any atom is -0.459 e. The summed E-state index contributed by atoms with van der Waals surface area (Å²) in [6.07, 6.45) is 5.52. The van der Waals surface area contributed by atoms with Crippen LogP contribution in [0.1, 0.15) is 26.2 Å². The monoisotopic (exact) mass is 168 g/mol. The third-order valence-electron chi connectivity index (χ3n) is 1.49. The molecule has 2 nitrogen and oxygen atoms in total. The molecular formula is C10H16O2. The third-order valence-corrected chi connectivity index (χ3v) is 1.49. The summed E-state index contributed by atoms with van der Waals surface area (Å²) in [5.41, 5.74) is 0. The lowest BCUT2D eigenvalue weighted by molar-refractivity contribution is -0.143. The van der Waals surface area contributed by atoms with Gasteiger partial charge in [0.1, 0.15) is 6.10 Å². The van der Waals surface area contributed by atoms with Crippen LogP contribution in [0.5, 0.6) is 0 Å². The summed E-state index contributed by atoms with van der Waals surface area (Å²) in [6, 6.07) is 0. The summed E-state index contributed by atoms with van der Waals surface area (Å²) in [4.78, 5) is 10.8. The van der Waals surface area contributed by atoms with Crippen molar-refractivity contribution in [3.05, 3.63) is 25.3 Å². The number of hydrogen-bond donors (Lipinski definition) is 0. The van der Waals surface area contributed by atoms with Gasteiger partial charge >= 0.3 is 5.97 Å². The fourth-order valence-corrected chi connectivity index (χ4v) is 0.945. The van der Waals surface area contributed by atoms with E-state index in [1.165, 1.54) is 6.08 Å². The zero-order chi connectivity index (χ0) is 9.40. The molecule has 0 aliphatic carbocycles. The van der Waals surface area contributed by atoms with E-state index in [9.17, 15) is 4.79 Å². The van der Waals surface area contributed by atoms with Crippen LogP contribution in [0.25, 0.3) is 0 Å². The van der Waals surface area contributed by atoms with Crippen LogP contribution in [-0.4, -0.2) is 12.1 Å². The van der Waals surface area contributed by atoms with Gasteiger partial charge in [-0.15, -0.1) is 6.58 Å². The molecule has 0 aliphatic heterocycles. The van der Waals surface area contributed by atoms with E-state index >= 15 is 0 Å². The predicted octanol–water partition coefficient (Wildman–Crippen LogP) is 2.46. The first kappa shape index (κ1) is 11.0. The number of rotatable bonds is 6. The van der Waals surface area contributed by atoms with Gasteiger partial charge in [0.25, 0.3) is 0 Å². The van der Waals surface area contributed by atoms with Gasteiger partial charge in [-0.1, -0.05) is 26.0 Å². The number of carbonyl (C=O) groups is 1. The molecule has 0 N–H and O–H groups in total. The molecular weight excluding hydrogens is 152 g/mol. The molecule has 0 saturated heterocycles. The van der Waals surface area contributed by atoms with Crippen molar-refractivity contribution in [1.29, 1.82) is 0 Å². The standard InChI is InChI=1S/C10H16O2/c1-4-7-9(8-5-2)12-10(11)6-3/h4,6,9H,1,3,5,7-8H2,2H3/t9-/m0/s1. The Morgan fingerprint density at radius 3 is 2.67 bits per heavy atom. The van der Waals surface area contributed by atoms with E-state index in [1.807, 2.05) is 0 Å². The van der Waals surface area contributed by atoms with Crippen molar-refractivity contribution in [1.82, 2.24) is 0 Å². The molecule has 0 rings (SSSR count). The van der Waals surface area contributed by atoms with E-state index in [0.717, 1.165) is 12.8 Å². The normalized spacial score (nSPS) is 11.8. The van der Waals surface area contributed by atoms with E-state index in [4.69, 9.17) is 4.74 Å². The second-order valence-electron chi connectivity index (χ2n) is 2.58. The fourth-order valence-electron chi connectivity index (χ4n) is 0.945. The molecule has 0 aromatic heterocycles. The first-order valence-electron chi connectivity index (χ1n) is 4.18. The highest BCUT2D eigenvalue weighted by Gasteiger charge is 2.08. The Balaban J connectivity index is 3.83. The summed E-state index contributed by atoms with van der Waals surface area (Å²) in [5, 5.41) is 0. The molecule has 0 aromatic rings. The van der Waals surface area contributed by atoms with Gasteiger partial charge in [-0.2, -0.15) is 0 Å². The highest BCUT2D eigenvalue weighted by Crippen LogP contribution is 2.07. The summed E-state index contributed by atoms with van der Waals surface area (Å²) in [5.74, 6) is -0.352. The molecule has 12 heavy (non-hydrogen) atoms. The van der Waals surface area contributed by atoms with Crippen LogP contribution in [0.3, 0.4) is 0 Å². The Morgan fingerprint density at radius 1 is 1.58 bits per heavy atom. The van der Waals surface area contributed by atoms with Crippen LogP contribution in [0.15, 0.2) is 25.3 Å². The Bertz CT molecular complexity index is 161. The van der Waals surface area contributed by atoms with E-state index in [1.54, 1.807) is 6.08 Å². The highest BCUT2D eigenvalue weighted by molar-refractivity contribution is 5.81. The van der Waals surface area contributed by atoms with Crippen molar-refractivity contribution in [3.63, 3.8) is 0 Å². The lowest BCUT2D eigenvalue weighted by Gasteiger charge is -2.13. The van der Waals surface area contributed by atoms with Crippen LogP contribution >= 0.6 is 0 Å². The van der Waals surface area contributed by atoms with Gasteiger partial charge in [0, 0.05) is 12.5 Å². The fraction of sp³-hybridized carbons (Fsp3) is 0.500. The molecule has 0 aliphatic rings. The van der Waals surface area contributed by atoms with Crippen molar-refractivity contribution in [2.45, 2.75) is 32.3 Å². The van der Waals surface area contributed by atoms with E-state index < -0.39 is 0 Å². The molecule has 0 unspecified atom stereocenters. The van der Waals surface area contributed by atoms with Gasteiger partial charge in [0.2, 0.25) is 0 Å². The van der Waals surface area contributed by atoms with Crippen LogP contribution in [0.2, 0.25) is 0 Å². The molecule has 1 atom stereocenters. The Labute approximate surface area is 73.9 Å². The Kier molecular flexibility index (Phi) is 6.07. The Morgan fingerprint density at radius 2 is 2.25 bits per heavy atom. The first-order valence-corrected chi connectivity index (χ1v) is 4.18. The van der Waals surface area contributed by atoms with Gasteiger partial charge in [-0.05, 0) is 6.42 Å². The number of ether oxygens (including phenoxy) is 1. The van der Waals surface area contributed by atoms with Gasteiger partial charge in [-0.25, -0.2) is 4.79 Å². The van der Waals surface area contributed by atoms with Crippen molar-refractivity contribution in [3.8, 4) is 0 Å². The van der Waals surface area contributed by atoms with Crippen LogP contribution in [-0.2, 0) is 9.53 Å². The van der Waals surface area contributed by atoms with Crippen molar-refractivity contribution in [2.75, 3.05) is 0 Å². The largest absolute Gasteiger partial charge is 0.459 e. The second kappa shape index (κ2) is 6.65. The quantitative estimate of drug-likeness (QED) is 0.346. The average molecular weight is 168 g/mol. The number of hydrogen-bond acceptors (Lipinski definition) is 2. The van der Waals surface area contributed by atoms with Crippen molar-refractivity contribution in [2.24, 2.45) is 0 Å². The van der Waals surface area contributed by atoms with Crippen molar-refractivity contribution >= 4 is 5.97 Å². The molecule has 0 bridgehead atoms. The minimum atomic E-state index is -0.352. The van der Waals surface area contributed by atoms with Crippen LogP contribution in [0, 0.1) is 0 Å². The lowest BCUT2D eigenvalue weighted by atomic mass is 10.1. The smallest absolute Gasteiger partial charge is 0.330 e. The van der Waals surface area contributed by atoms with Crippen molar-refractivity contribution < 1.29 is 9.53 Å². The van der Waals surface area contributed by atoms with Gasteiger partial charge in [0.05, 0.1) is 0 Å². The highest BCUT2D eigenvalue weighted by atomic mass is 16.5. The molecule has 0 radical (unpaired) electrons. The molecule has 0 aromatic carbocycles. The van der Waals surface area contributed by atoms with E-state index in [-0.39, 0.29) is 12.1 Å². The predicted molar refractivity (Wildman–Crippen MR) is 49.8 cm³/mol. The molecule has 0 heterocycles. The molecule has 0 amide bonds. The van der Waals surface area contributed by atoms with Gasteiger partial charge in [0.15, 0.2) is 0 Å². The topological polar surface area (TPSA) is 26.3 Å². The SMILES string of the molecule is C=CC[C@@H](CCC)OC(=O)C=C. The summed E-state index contributed by atoms with van der Waals surface area (Å²) < 4.78 is 5.05. The maximum atomic E-state index is 10.8. The summed E-state index contributed by atoms with van der Waals surface area (Å²) >= 11 is 0. The molecule has 2 heteroatoms. The summed E-state index contributed by atoms with van der Waals surface area (Å²) in [6.45, 7) is 8.99. The number of carbonyl (C=O) groups excluding carboxylic acids is 1. The van der Waals surface area contributed by atoms with E-state index in [2.05, 4.69) is 20.1 Å². The van der Waals surface area contributed by atoms with Gasteiger partial charge < -0.3 is 4.74 Å². The maximum Gasteiger partial charge on any atom is 0.330 e. The lowest BCUT2D eigenvalue weighted by Crippen LogP contribution is -2.15. The second-order valence-corrected chi connectivity index (χ2v) is 2.58. The molecule has 0 spiro atoms. The summed E-state index contributed by atoms with van der Waals surface area (Å²) in [7, 11) is 0. The zero-order valence-corrected chi connectivity index (χ0v) is 7.58. The van der Waals surface area contributed by atoms with Gasteiger partial charge in [-0.3, -0.25) is 0 Å². The Hall–Kier alpha value is -1.05. The maximum absolute atomic E-state index is 10.8. The molecule has 0 fully saturated rings. The van der Waals surface area contributed by atoms with Crippen LogP contribution in [0.4, 0.5) is 0 Å². The number of esters is 1.